The number of esters is 3. The van der Waals surface area contributed by atoms with E-state index >= 15 is 0 Å². The number of unbranched alkanes of at least 4 members (excludes halogenated alkanes) is 31. The predicted octanol–water partition coefficient (Wildman–Crippen LogP) is 23.0. The second-order valence-electron chi connectivity index (χ2n) is 22.0. The summed E-state index contributed by atoms with van der Waals surface area (Å²) >= 11 is 0. The van der Waals surface area contributed by atoms with E-state index in [2.05, 4.69) is 130 Å². The van der Waals surface area contributed by atoms with Crippen molar-refractivity contribution in [2.75, 3.05) is 13.2 Å². The molecule has 0 radical (unpaired) electrons. The van der Waals surface area contributed by atoms with Gasteiger partial charge in [0.25, 0.3) is 0 Å². The van der Waals surface area contributed by atoms with Crippen LogP contribution in [0.4, 0.5) is 0 Å². The quantitative estimate of drug-likeness (QED) is 0.0261. The fourth-order valence-electron chi connectivity index (χ4n) is 9.35. The van der Waals surface area contributed by atoms with Crippen molar-refractivity contribution in [3.63, 3.8) is 0 Å². The van der Waals surface area contributed by atoms with E-state index in [1.807, 2.05) is 0 Å². The molecule has 79 heavy (non-hydrogen) atoms. The first-order valence-corrected chi connectivity index (χ1v) is 33.4. The van der Waals surface area contributed by atoms with Crippen LogP contribution in [0.1, 0.15) is 316 Å². The molecule has 0 heterocycles. The summed E-state index contributed by atoms with van der Waals surface area (Å²) in [5, 5.41) is 0. The molecule has 0 aliphatic rings. The SMILES string of the molecule is CC/C=C\C/C=C\C/C=C\C/C=C\C/C=C\CCCCCC(=O)OC(COC(=O)CCCCCCCCCCCC/C=C\C/C=C\C/C=C\C/C=C\CC)COC(=O)CCCCCCCCCCCCCCCCCCCCC. The standard InChI is InChI=1S/C73H124O6/c1-4-7-10-13-16-19-22-25-28-31-34-35-36-37-40-42-45-48-51-54-57-60-63-66-72(75)78-69-70(79-73(76)67-64-61-58-55-52-49-46-43-39-33-30-27-24-21-18-15-12-9-6-3)68-77-71(74)65-62-59-56-53-50-47-44-41-38-32-29-26-23-20-17-14-11-8-5-2/h7,9-10,12,16,18-19,21,25,27-28,30,34-35,39,43,49,52,70H,4-6,8,11,13-15,17,20,22-24,26,29,31-33,36-38,40-42,44-48,50-51,53-69H2,1-3H3/b10-7-,12-9-,19-16-,21-18-,28-25-,30-27-,35-34-,43-39-,52-49-. The maximum absolute atomic E-state index is 12.9. The van der Waals surface area contributed by atoms with Gasteiger partial charge < -0.3 is 14.2 Å². The van der Waals surface area contributed by atoms with Crippen LogP contribution in [0.15, 0.2) is 109 Å². The van der Waals surface area contributed by atoms with Crippen molar-refractivity contribution in [1.29, 1.82) is 0 Å². The molecule has 0 aromatic heterocycles. The Balaban J connectivity index is 4.42. The minimum atomic E-state index is -0.799. The summed E-state index contributed by atoms with van der Waals surface area (Å²) in [6.07, 6.45) is 91.0. The third-order valence-electron chi connectivity index (χ3n) is 14.3. The number of carbonyl (C=O) groups excluding carboxylic acids is 3. The molecule has 0 aromatic carbocycles. The van der Waals surface area contributed by atoms with Crippen LogP contribution in [0.2, 0.25) is 0 Å². The number of hydrogen-bond donors (Lipinski definition) is 0. The lowest BCUT2D eigenvalue weighted by atomic mass is 10.0. The lowest BCUT2D eigenvalue weighted by Crippen LogP contribution is -2.30. The van der Waals surface area contributed by atoms with Crippen molar-refractivity contribution in [2.45, 2.75) is 322 Å². The van der Waals surface area contributed by atoms with E-state index in [4.69, 9.17) is 14.2 Å². The summed E-state index contributed by atoms with van der Waals surface area (Å²) in [6.45, 7) is 6.42. The highest BCUT2D eigenvalue weighted by molar-refractivity contribution is 5.71. The van der Waals surface area contributed by atoms with E-state index in [-0.39, 0.29) is 37.5 Å². The Labute approximate surface area is 489 Å². The van der Waals surface area contributed by atoms with Gasteiger partial charge in [-0.05, 0) is 103 Å². The van der Waals surface area contributed by atoms with Crippen molar-refractivity contribution in [2.24, 2.45) is 0 Å². The number of rotatable bonds is 60. The average Bonchev–Trinajstić information content (AvgIpc) is 3.45. The first-order chi connectivity index (χ1) is 39.0. The lowest BCUT2D eigenvalue weighted by molar-refractivity contribution is -0.167. The van der Waals surface area contributed by atoms with Gasteiger partial charge in [0.1, 0.15) is 13.2 Å². The third kappa shape index (κ3) is 64.8. The van der Waals surface area contributed by atoms with Crippen molar-refractivity contribution in [1.82, 2.24) is 0 Å². The number of allylic oxidation sites excluding steroid dienone is 18. The largest absolute Gasteiger partial charge is 0.462 e. The van der Waals surface area contributed by atoms with E-state index < -0.39 is 6.10 Å². The molecule has 1 unspecified atom stereocenters. The molecule has 0 aliphatic heterocycles. The molecule has 0 saturated heterocycles. The summed E-state index contributed by atoms with van der Waals surface area (Å²) in [6, 6.07) is 0. The molecular formula is C73H124O6. The van der Waals surface area contributed by atoms with E-state index in [0.717, 1.165) is 122 Å². The molecule has 0 aromatic rings. The molecule has 0 amide bonds. The van der Waals surface area contributed by atoms with Crippen molar-refractivity contribution >= 4 is 17.9 Å². The Kier molecular flexibility index (Phi) is 63.3. The van der Waals surface area contributed by atoms with Gasteiger partial charge in [-0.3, -0.25) is 14.4 Å². The van der Waals surface area contributed by atoms with Gasteiger partial charge >= 0.3 is 17.9 Å². The van der Waals surface area contributed by atoms with Crippen LogP contribution in [-0.2, 0) is 28.6 Å². The molecular weight excluding hydrogens is 973 g/mol. The summed E-state index contributed by atoms with van der Waals surface area (Å²) in [7, 11) is 0. The van der Waals surface area contributed by atoms with Gasteiger partial charge in [0.05, 0.1) is 0 Å². The molecule has 0 bridgehead atoms. The molecule has 0 aliphatic carbocycles. The van der Waals surface area contributed by atoms with E-state index in [1.165, 1.54) is 154 Å². The van der Waals surface area contributed by atoms with Gasteiger partial charge in [0.15, 0.2) is 6.10 Å². The first kappa shape index (κ1) is 75.1. The molecule has 452 valence electrons. The highest BCUT2D eigenvalue weighted by Crippen LogP contribution is 2.17. The minimum absolute atomic E-state index is 0.0909. The van der Waals surface area contributed by atoms with Crippen molar-refractivity contribution < 1.29 is 28.6 Å². The van der Waals surface area contributed by atoms with Crippen LogP contribution in [0, 0.1) is 0 Å². The van der Waals surface area contributed by atoms with Crippen LogP contribution in [-0.4, -0.2) is 37.2 Å². The third-order valence-corrected chi connectivity index (χ3v) is 14.3. The molecule has 0 fully saturated rings. The van der Waals surface area contributed by atoms with Gasteiger partial charge in [-0.15, -0.1) is 0 Å². The smallest absolute Gasteiger partial charge is 0.306 e. The number of hydrogen-bond acceptors (Lipinski definition) is 6. The van der Waals surface area contributed by atoms with Gasteiger partial charge in [-0.25, -0.2) is 0 Å². The Morgan fingerprint density at radius 2 is 0.494 bits per heavy atom. The van der Waals surface area contributed by atoms with Crippen molar-refractivity contribution in [3.05, 3.63) is 109 Å². The monoisotopic (exact) mass is 1100 g/mol. The Morgan fingerprint density at radius 3 is 0.785 bits per heavy atom. The number of ether oxygens (including phenoxy) is 3. The summed E-state index contributed by atoms with van der Waals surface area (Å²) < 4.78 is 16.9. The second-order valence-corrected chi connectivity index (χ2v) is 22.0. The molecule has 6 nitrogen and oxygen atoms in total. The molecule has 0 spiro atoms. The van der Waals surface area contributed by atoms with E-state index in [9.17, 15) is 14.4 Å². The number of carbonyl (C=O) groups is 3. The van der Waals surface area contributed by atoms with Gasteiger partial charge in [0.2, 0.25) is 0 Å². The maximum atomic E-state index is 12.9. The van der Waals surface area contributed by atoms with Crippen LogP contribution >= 0.6 is 0 Å². The second kappa shape index (κ2) is 66.6. The minimum Gasteiger partial charge on any atom is -0.462 e. The Morgan fingerprint density at radius 1 is 0.266 bits per heavy atom. The fourth-order valence-corrected chi connectivity index (χ4v) is 9.35. The van der Waals surface area contributed by atoms with Gasteiger partial charge in [-0.2, -0.15) is 0 Å². The highest BCUT2D eigenvalue weighted by Gasteiger charge is 2.19. The zero-order valence-corrected chi connectivity index (χ0v) is 51.9. The summed E-state index contributed by atoms with van der Waals surface area (Å²) in [5.74, 6) is -0.915. The zero-order valence-electron chi connectivity index (χ0n) is 51.9. The zero-order chi connectivity index (χ0) is 57.1. The Bertz CT molecular complexity index is 1590. The molecule has 0 N–H and O–H groups in total. The lowest BCUT2D eigenvalue weighted by Gasteiger charge is -2.18. The first-order valence-electron chi connectivity index (χ1n) is 33.4. The van der Waals surface area contributed by atoms with E-state index in [1.54, 1.807) is 0 Å². The van der Waals surface area contributed by atoms with E-state index in [0.29, 0.717) is 12.8 Å². The molecule has 1 atom stereocenters. The fraction of sp³-hybridized carbons (Fsp3) is 0.712. The average molecular weight is 1100 g/mol. The van der Waals surface area contributed by atoms with Gasteiger partial charge in [0, 0.05) is 19.3 Å². The summed E-state index contributed by atoms with van der Waals surface area (Å²) in [5.41, 5.74) is 0. The molecule has 0 rings (SSSR count). The topological polar surface area (TPSA) is 78.9 Å². The Hall–Kier alpha value is -3.93. The highest BCUT2D eigenvalue weighted by atomic mass is 16.6. The van der Waals surface area contributed by atoms with Crippen LogP contribution in [0.25, 0.3) is 0 Å². The van der Waals surface area contributed by atoms with Crippen LogP contribution in [0.5, 0.6) is 0 Å². The molecule has 0 saturated carbocycles. The predicted molar refractivity (Wildman–Crippen MR) is 343 cm³/mol. The van der Waals surface area contributed by atoms with Crippen molar-refractivity contribution in [3.8, 4) is 0 Å². The normalized spacial score (nSPS) is 12.8. The van der Waals surface area contributed by atoms with Crippen LogP contribution < -0.4 is 0 Å². The molecule has 6 heteroatoms. The summed E-state index contributed by atoms with van der Waals surface area (Å²) in [4.78, 5) is 38.4. The van der Waals surface area contributed by atoms with Gasteiger partial charge in [-0.1, -0.05) is 304 Å². The van der Waals surface area contributed by atoms with Crippen LogP contribution in [0.3, 0.4) is 0 Å². The maximum Gasteiger partial charge on any atom is 0.306 e.